The number of nitrogens with one attached hydrogen (secondary N) is 2. The lowest BCUT2D eigenvalue weighted by Crippen LogP contribution is -2.47. The van der Waals surface area contributed by atoms with Crippen LogP contribution in [0.15, 0.2) is 0 Å². The molecule has 2 atom stereocenters. The predicted molar refractivity (Wildman–Crippen MR) is 77.7 cm³/mol. The van der Waals surface area contributed by atoms with Gasteiger partial charge in [0.25, 0.3) is 0 Å². The second kappa shape index (κ2) is 10.5. The van der Waals surface area contributed by atoms with Crippen LogP contribution in [0, 0.1) is 11.8 Å². The summed E-state index contributed by atoms with van der Waals surface area (Å²) in [6.45, 7) is 7.07. The molecule has 0 heterocycles. The van der Waals surface area contributed by atoms with E-state index in [1.807, 2.05) is 20.8 Å². The number of carbonyl (C=O) groups excluding carboxylic acids is 1. The molecule has 0 aliphatic carbocycles. The molecule has 0 aromatic carbocycles. The smallest absolute Gasteiger partial charge is 0.315 e. The zero-order valence-electron chi connectivity index (χ0n) is 12.9. The van der Waals surface area contributed by atoms with E-state index in [9.17, 15) is 9.59 Å². The molecule has 0 spiro atoms. The number of rotatable bonds is 10. The Morgan fingerprint density at radius 1 is 1.20 bits per heavy atom. The first-order valence-corrected chi connectivity index (χ1v) is 7.11. The zero-order chi connectivity index (χ0) is 15.5. The van der Waals surface area contributed by atoms with Gasteiger partial charge in [0.05, 0.1) is 12.6 Å². The van der Waals surface area contributed by atoms with Gasteiger partial charge in [0.15, 0.2) is 0 Å². The van der Waals surface area contributed by atoms with Gasteiger partial charge < -0.3 is 20.5 Å². The fourth-order valence-electron chi connectivity index (χ4n) is 1.75. The molecule has 0 saturated carbocycles. The highest BCUT2D eigenvalue weighted by atomic mass is 16.5. The highest BCUT2D eigenvalue weighted by Gasteiger charge is 2.15. The fraction of sp³-hybridized carbons (Fsp3) is 0.857. The van der Waals surface area contributed by atoms with Crippen molar-refractivity contribution in [3.63, 3.8) is 0 Å². The lowest BCUT2D eigenvalue weighted by atomic mass is 10.0. The van der Waals surface area contributed by atoms with Gasteiger partial charge in [0.1, 0.15) is 0 Å². The molecule has 0 aliphatic heterocycles. The summed E-state index contributed by atoms with van der Waals surface area (Å²) in [5.41, 5.74) is 0. The number of aliphatic carboxylic acids is 1. The molecule has 0 saturated heterocycles. The number of hydrogen-bond acceptors (Lipinski definition) is 3. The molecule has 6 heteroatoms. The summed E-state index contributed by atoms with van der Waals surface area (Å²) in [5.74, 6) is -0.191. The zero-order valence-corrected chi connectivity index (χ0v) is 12.9. The Bertz CT molecular complexity index is 295. The molecule has 3 N–H and O–H groups in total. The Kier molecular flexibility index (Phi) is 9.80. The number of carboxylic acids is 1. The minimum Gasteiger partial charge on any atom is -0.481 e. The van der Waals surface area contributed by atoms with E-state index in [1.54, 1.807) is 7.11 Å². The number of methoxy groups -OCH3 is 1. The van der Waals surface area contributed by atoms with Crippen LogP contribution in [0.4, 0.5) is 4.79 Å². The summed E-state index contributed by atoms with van der Waals surface area (Å²) in [7, 11) is 1.61. The molecule has 0 aliphatic rings. The Hall–Kier alpha value is -1.30. The van der Waals surface area contributed by atoms with Crippen LogP contribution in [-0.2, 0) is 9.53 Å². The first-order chi connectivity index (χ1) is 9.36. The summed E-state index contributed by atoms with van der Waals surface area (Å²) in [4.78, 5) is 22.1. The van der Waals surface area contributed by atoms with Crippen molar-refractivity contribution in [3.8, 4) is 0 Å². The number of carboxylic acid groups (broad SMARTS) is 1. The van der Waals surface area contributed by atoms with E-state index in [0.29, 0.717) is 25.5 Å². The van der Waals surface area contributed by atoms with E-state index < -0.39 is 5.97 Å². The van der Waals surface area contributed by atoms with Crippen LogP contribution in [0.3, 0.4) is 0 Å². The van der Waals surface area contributed by atoms with Gasteiger partial charge in [-0.15, -0.1) is 0 Å². The SMILES string of the molecule is COCC(NC(=O)NCCC(C)CCC(=O)O)C(C)C. The third kappa shape index (κ3) is 9.61. The van der Waals surface area contributed by atoms with E-state index in [-0.39, 0.29) is 24.4 Å². The van der Waals surface area contributed by atoms with E-state index in [0.717, 1.165) is 6.42 Å². The van der Waals surface area contributed by atoms with Crippen molar-refractivity contribution < 1.29 is 19.4 Å². The molecule has 20 heavy (non-hydrogen) atoms. The predicted octanol–water partition coefficient (Wildman–Crippen LogP) is 1.85. The van der Waals surface area contributed by atoms with Gasteiger partial charge >= 0.3 is 12.0 Å². The maximum Gasteiger partial charge on any atom is 0.315 e. The Morgan fingerprint density at radius 2 is 1.85 bits per heavy atom. The summed E-state index contributed by atoms with van der Waals surface area (Å²) >= 11 is 0. The summed E-state index contributed by atoms with van der Waals surface area (Å²) in [5, 5.41) is 14.3. The van der Waals surface area contributed by atoms with Crippen molar-refractivity contribution in [2.75, 3.05) is 20.3 Å². The highest BCUT2D eigenvalue weighted by molar-refractivity contribution is 5.74. The molecule has 0 aromatic rings. The second-order valence-electron chi connectivity index (χ2n) is 5.53. The van der Waals surface area contributed by atoms with E-state index in [4.69, 9.17) is 9.84 Å². The van der Waals surface area contributed by atoms with Crippen molar-refractivity contribution in [2.45, 2.75) is 46.1 Å². The van der Waals surface area contributed by atoms with E-state index >= 15 is 0 Å². The lowest BCUT2D eigenvalue weighted by molar-refractivity contribution is -0.137. The van der Waals surface area contributed by atoms with Crippen LogP contribution >= 0.6 is 0 Å². The molecule has 2 unspecified atom stereocenters. The largest absolute Gasteiger partial charge is 0.481 e. The van der Waals surface area contributed by atoms with Crippen LogP contribution in [-0.4, -0.2) is 43.4 Å². The summed E-state index contributed by atoms with van der Waals surface area (Å²) < 4.78 is 5.07. The second-order valence-corrected chi connectivity index (χ2v) is 5.53. The maximum atomic E-state index is 11.7. The number of ether oxygens (including phenoxy) is 1. The molecule has 0 bridgehead atoms. The van der Waals surface area contributed by atoms with Crippen LogP contribution in [0.25, 0.3) is 0 Å². The van der Waals surface area contributed by atoms with E-state index in [2.05, 4.69) is 10.6 Å². The van der Waals surface area contributed by atoms with Gasteiger partial charge in [0.2, 0.25) is 0 Å². The third-order valence-corrected chi connectivity index (χ3v) is 3.24. The van der Waals surface area contributed by atoms with E-state index in [1.165, 1.54) is 0 Å². The average Bonchev–Trinajstić information content (AvgIpc) is 2.35. The highest BCUT2D eigenvalue weighted by Crippen LogP contribution is 2.09. The third-order valence-electron chi connectivity index (χ3n) is 3.24. The van der Waals surface area contributed by atoms with Crippen molar-refractivity contribution in [1.82, 2.24) is 10.6 Å². The number of amides is 2. The molecule has 0 rings (SSSR count). The molecular weight excluding hydrogens is 260 g/mol. The lowest BCUT2D eigenvalue weighted by Gasteiger charge is -2.22. The molecule has 118 valence electrons. The van der Waals surface area contributed by atoms with Crippen molar-refractivity contribution in [1.29, 1.82) is 0 Å². The van der Waals surface area contributed by atoms with Gasteiger partial charge in [-0.25, -0.2) is 4.79 Å². The normalized spacial score (nSPS) is 13.8. The fourth-order valence-corrected chi connectivity index (χ4v) is 1.75. The van der Waals surface area contributed by atoms with Gasteiger partial charge in [0, 0.05) is 20.1 Å². The number of urea groups is 1. The van der Waals surface area contributed by atoms with Gasteiger partial charge in [-0.3, -0.25) is 4.79 Å². The molecular formula is C14H28N2O4. The first kappa shape index (κ1) is 18.7. The van der Waals surface area contributed by atoms with Crippen LogP contribution in [0.5, 0.6) is 0 Å². The van der Waals surface area contributed by atoms with Gasteiger partial charge in [-0.05, 0) is 24.7 Å². The average molecular weight is 288 g/mol. The minimum atomic E-state index is -0.776. The molecule has 2 amide bonds. The van der Waals surface area contributed by atoms with Crippen molar-refractivity contribution in [2.24, 2.45) is 11.8 Å². The Balaban J connectivity index is 3.84. The molecule has 0 fully saturated rings. The molecule has 0 radical (unpaired) electrons. The molecule has 6 nitrogen and oxygen atoms in total. The van der Waals surface area contributed by atoms with Crippen LogP contribution in [0.2, 0.25) is 0 Å². The van der Waals surface area contributed by atoms with Crippen LogP contribution in [0.1, 0.15) is 40.0 Å². The quantitative estimate of drug-likeness (QED) is 0.572. The minimum absolute atomic E-state index is 0.00978. The topological polar surface area (TPSA) is 87.7 Å². The standard InChI is InChI=1S/C14H28N2O4/c1-10(2)12(9-20-4)16-14(19)15-8-7-11(3)5-6-13(17)18/h10-12H,5-9H2,1-4H3,(H,17,18)(H2,15,16,19). The molecule has 0 aromatic heterocycles. The monoisotopic (exact) mass is 288 g/mol. The van der Waals surface area contributed by atoms with Gasteiger partial charge in [-0.2, -0.15) is 0 Å². The van der Waals surface area contributed by atoms with Crippen molar-refractivity contribution in [3.05, 3.63) is 0 Å². The van der Waals surface area contributed by atoms with Crippen LogP contribution < -0.4 is 10.6 Å². The Labute approximate surface area is 121 Å². The summed E-state index contributed by atoms with van der Waals surface area (Å²) in [6.07, 6.45) is 1.59. The number of carbonyl (C=O) groups is 2. The first-order valence-electron chi connectivity index (χ1n) is 7.11. The van der Waals surface area contributed by atoms with Gasteiger partial charge in [-0.1, -0.05) is 20.8 Å². The number of hydrogen-bond donors (Lipinski definition) is 3. The maximum absolute atomic E-state index is 11.7. The Morgan fingerprint density at radius 3 is 2.35 bits per heavy atom. The van der Waals surface area contributed by atoms with Crippen molar-refractivity contribution >= 4 is 12.0 Å². The summed E-state index contributed by atoms with van der Waals surface area (Å²) in [6, 6.07) is -0.212.